The number of carbonyl (C=O) groups is 3. The first-order valence-corrected chi connectivity index (χ1v) is 10.1. The van der Waals surface area contributed by atoms with Crippen molar-refractivity contribution in [3.8, 4) is 5.75 Å². The molecule has 1 atom stereocenters. The van der Waals surface area contributed by atoms with E-state index >= 15 is 0 Å². The summed E-state index contributed by atoms with van der Waals surface area (Å²) in [5.74, 6) is -3.24. The number of ketones is 1. The number of Topliss-reactive ketones (excluding diaryl/α,β-unsaturated/α-hetero) is 1. The molecule has 2 rings (SSSR count). The first-order chi connectivity index (χ1) is 13.2. The summed E-state index contributed by atoms with van der Waals surface area (Å²) in [5, 5.41) is 10.2. The molecular formula is C18H22BFO7S. The lowest BCUT2D eigenvalue weighted by Crippen LogP contribution is -2.36. The molecule has 0 spiro atoms. The van der Waals surface area contributed by atoms with Crippen LogP contribution in [0.25, 0.3) is 0 Å². The molecule has 7 nitrogen and oxygen atoms in total. The number of benzene rings is 1. The van der Waals surface area contributed by atoms with Crippen LogP contribution in [0.5, 0.6) is 5.75 Å². The van der Waals surface area contributed by atoms with Gasteiger partial charge in [-0.3, -0.25) is 9.59 Å². The minimum atomic E-state index is -1.36. The first-order valence-electron chi connectivity index (χ1n) is 8.75. The van der Waals surface area contributed by atoms with Crippen molar-refractivity contribution in [2.45, 2.75) is 32.5 Å². The Bertz CT molecular complexity index is 756. The van der Waals surface area contributed by atoms with E-state index in [1.54, 1.807) is 20.1 Å². The van der Waals surface area contributed by atoms with Gasteiger partial charge in [0, 0.05) is 12.2 Å². The highest BCUT2D eigenvalue weighted by Crippen LogP contribution is 2.37. The molecule has 0 aliphatic carbocycles. The Balaban J connectivity index is 2.13. The monoisotopic (exact) mass is 412 g/mol. The summed E-state index contributed by atoms with van der Waals surface area (Å²) < 4.78 is 29.2. The first kappa shape index (κ1) is 22.2. The minimum Gasteiger partial charge on any atom is -0.535 e. The van der Waals surface area contributed by atoms with Gasteiger partial charge in [-0.15, -0.1) is 0 Å². The standard InChI is InChI=1S/C18H22BFO7S/c1-10(2)17(22)25-9-26-18(23)15-14(20)5-4-11-6-12(7-13(21)8-28-3)19(24)27-16(11)15/h4-5,10,12,24H,6-9H2,1-3H3/t12-/m1/s1. The zero-order valence-corrected chi connectivity index (χ0v) is 16.7. The van der Waals surface area contributed by atoms with Crippen LogP contribution in [0.1, 0.15) is 36.2 Å². The predicted molar refractivity (Wildman–Crippen MR) is 102 cm³/mol. The molecule has 0 bridgehead atoms. The average Bonchev–Trinajstić information content (AvgIpc) is 2.62. The number of hydrogen-bond donors (Lipinski definition) is 1. The second kappa shape index (κ2) is 9.93. The fraction of sp³-hybridized carbons (Fsp3) is 0.500. The summed E-state index contributed by atoms with van der Waals surface area (Å²) in [7, 11) is -1.36. The number of thioether (sulfide) groups is 1. The largest absolute Gasteiger partial charge is 0.535 e. The maximum Gasteiger partial charge on any atom is 0.526 e. The van der Waals surface area contributed by atoms with Crippen LogP contribution in [0.2, 0.25) is 5.82 Å². The molecule has 10 heteroatoms. The topological polar surface area (TPSA) is 99.1 Å². The number of fused-ring (bicyclic) bond motifs is 1. The summed E-state index contributed by atoms with van der Waals surface area (Å²) >= 11 is 1.39. The fourth-order valence-electron chi connectivity index (χ4n) is 2.75. The molecule has 0 amide bonds. The average molecular weight is 412 g/mol. The van der Waals surface area contributed by atoms with Crippen LogP contribution in [0.3, 0.4) is 0 Å². The molecule has 0 saturated heterocycles. The molecule has 1 N–H and O–H groups in total. The lowest BCUT2D eigenvalue weighted by Gasteiger charge is -2.28. The highest BCUT2D eigenvalue weighted by atomic mass is 32.2. The third-order valence-electron chi connectivity index (χ3n) is 4.17. The van der Waals surface area contributed by atoms with E-state index < -0.39 is 49.0 Å². The van der Waals surface area contributed by atoms with Gasteiger partial charge < -0.3 is 19.2 Å². The normalized spacial score (nSPS) is 15.6. The van der Waals surface area contributed by atoms with Gasteiger partial charge in [0.1, 0.15) is 22.9 Å². The molecule has 1 heterocycles. The van der Waals surface area contributed by atoms with Crippen molar-refractivity contribution in [3.63, 3.8) is 0 Å². The van der Waals surface area contributed by atoms with Crippen molar-refractivity contribution >= 4 is 36.6 Å². The quantitative estimate of drug-likeness (QED) is 0.394. The lowest BCUT2D eigenvalue weighted by atomic mass is 9.64. The Morgan fingerprint density at radius 1 is 1.36 bits per heavy atom. The highest BCUT2D eigenvalue weighted by Gasteiger charge is 2.39. The number of halogens is 1. The number of carbonyl (C=O) groups excluding carboxylic acids is 3. The van der Waals surface area contributed by atoms with Crippen LogP contribution in [-0.4, -0.2) is 48.7 Å². The van der Waals surface area contributed by atoms with E-state index in [1.165, 1.54) is 17.8 Å². The molecule has 1 aliphatic heterocycles. The molecule has 28 heavy (non-hydrogen) atoms. The van der Waals surface area contributed by atoms with Gasteiger partial charge in [-0.25, -0.2) is 9.18 Å². The van der Waals surface area contributed by atoms with Gasteiger partial charge in [0.15, 0.2) is 0 Å². The van der Waals surface area contributed by atoms with Gasteiger partial charge in [0.05, 0.1) is 11.7 Å². The zero-order valence-electron chi connectivity index (χ0n) is 15.9. The van der Waals surface area contributed by atoms with Gasteiger partial charge in [-0.2, -0.15) is 11.8 Å². The van der Waals surface area contributed by atoms with Crippen LogP contribution < -0.4 is 4.65 Å². The summed E-state index contributed by atoms with van der Waals surface area (Å²) in [4.78, 5) is 35.5. The second-order valence-electron chi connectivity index (χ2n) is 6.73. The fourth-order valence-corrected chi connectivity index (χ4v) is 3.19. The minimum absolute atomic E-state index is 0.0303. The smallest absolute Gasteiger partial charge is 0.526 e. The van der Waals surface area contributed by atoms with Crippen LogP contribution in [0.15, 0.2) is 12.1 Å². The summed E-state index contributed by atoms with van der Waals surface area (Å²) in [6.45, 7) is 2.58. The summed E-state index contributed by atoms with van der Waals surface area (Å²) in [6, 6.07) is 2.54. The SMILES string of the molecule is CSCC(=O)C[C@H]1Cc2ccc(F)c(C(=O)OCOC(=O)C(C)C)c2OB1O. The van der Waals surface area contributed by atoms with Crippen LogP contribution >= 0.6 is 11.8 Å². The van der Waals surface area contributed by atoms with E-state index in [0.29, 0.717) is 11.3 Å². The summed E-state index contributed by atoms with van der Waals surface area (Å²) in [5.41, 5.74) is 0.00538. The van der Waals surface area contributed by atoms with Gasteiger partial charge in [-0.05, 0) is 24.3 Å². The number of hydrogen-bond acceptors (Lipinski definition) is 8. The van der Waals surface area contributed by atoms with Crippen molar-refractivity contribution in [3.05, 3.63) is 29.1 Å². The van der Waals surface area contributed by atoms with E-state index in [9.17, 15) is 23.8 Å². The Labute approximate surface area is 167 Å². The Morgan fingerprint density at radius 2 is 2.07 bits per heavy atom. The van der Waals surface area contributed by atoms with Gasteiger partial charge >= 0.3 is 19.1 Å². The van der Waals surface area contributed by atoms with Gasteiger partial charge in [0.2, 0.25) is 6.79 Å². The van der Waals surface area contributed by atoms with E-state index in [4.69, 9.17) is 14.1 Å². The maximum absolute atomic E-state index is 14.2. The van der Waals surface area contributed by atoms with E-state index in [1.807, 2.05) is 0 Å². The molecule has 0 aromatic heterocycles. The Kier molecular flexibility index (Phi) is 7.88. The van der Waals surface area contributed by atoms with E-state index in [0.717, 1.165) is 6.07 Å². The molecule has 0 unspecified atom stereocenters. The maximum atomic E-state index is 14.2. The van der Waals surface area contributed by atoms with Crippen LogP contribution in [-0.2, 0) is 25.5 Å². The van der Waals surface area contributed by atoms with E-state index in [2.05, 4.69) is 0 Å². The van der Waals surface area contributed by atoms with Crippen molar-refractivity contribution in [1.82, 2.24) is 0 Å². The lowest BCUT2D eigenvalue weighted by molar-refractivity contribution is -0.155. The second-order valence-corrected chi connectivity index (χ2v) is 7.59. The Hall–Kier alpha value is -2.07. The molecular weight excluding hydrogens is 390 g/mol. The number of rotatable bonds is 8. The molecule has 1 aromatic carbocycles. The molecule has 1 aliphatic rings. The third kappa shape index (κ3) is 5.48. The summed E-state index contributed by atoms with van der Waals surface area (Å²) in [6.07, 6.45) is 2.17. The number of esters is 2. The highest BCUT2D eigenvalue weighted by molar-refractivity contribution is 7.99. The van der Waals surface area contributed by atoms with Gasteiger partial charge in [0.25, 0.3) is 0 Å². The van der Waals surface area contributed by atoms with Gasteiger partial charge in [-0.1, -0.05) is 19.9 Å². The Morgan fingerprint density at radius 3 is 2.71 bits per heavy atom. The zero-order chi connectivity index (χ0) is 20.8. The van der Waals surface area contributed by atoms with Crippen LogP contribution in [0.4, 0.5) is 4.39 Å². The molecule has 0 saturated carbocycles. The van der Waals surface area contributed by atoms with Crippen LogP contribution in [0, 0.1) is 11.7 Å². The molecule has 0 fully saturated rings. The predicted octanol–water partition coefficient (Wildman–Crippen LogP) is 2.25. The van der Waals surface area contributed by atoms with E-state index in [-0.39, 0.29) is 24.4 Å². The van der Waals surface area contributed by atoms with Crippen molar-refractivity contribution in [1.29, 1.82) is 0 Å². The third-order valence-corrected chi connectivity index (χ3v) is 4.78. The molecule has 1 aromatic rings. The number of ether oxygens (including phenoxy) is 2. The molecule has 152 valence electrons. The van der Waals surface area contributed by atoms with Crippen molar-refractivity contribution in [2.24, 2.45) is 5.92 Å². The molecule has 0 radical (unpaired) electrons. The van der Waals surface area contributed by atoms with Crippen molar-refractivity contribution in [2.75, 3.05) is 18.8 Å². The van der Waals surface area contributed by atoms with Crippen molar-refractivity contribution < 1.29 is 37.9 Å².